The maximum Gasteiger partial charge on any atom is 0.274 e. The van der Waals surface area contributed by atoms with Crippen molar-refractivity contribution < 1.29 is 18.6 Å². The minimum Gasteiger partial charge on any atom is -0.398 e. The number of morpholine rings is 1. The van der Waals surface area contributed by atoms with Crippen molar-refractivity contribution in [1.82, 2.24) is 9.88 Å². The Morgan fingerprint density at radius 3 is 2.62 bits per heavy atom. The minimum atomic E-state index is -2.59. The van der Waals surface area contributed by atoms with Crippen LogP contribution in [0.1, 0.15) is 54.7 Å². The Hall–Kier alpha value is -2.50. The number of rotatable bonds is 5. The van der Waals surface area contributed by atoms with Crippen molar-refractivity contribution in [3.05, 3.63) is 39.8 Å². The van der Waals surface area contributed by atoms with Gasteiger partial charge in [-0.3, -0.25) is 0 Å². The molecule has 5 N–H and O–H groups in total. The van der Waals surface area contributed by atoms with Crippen LogP contribution in [0.2, 0.25) is 0 Å². The second-order valence-electron chi connectivity index (χ2n) is 8.02. The lowest BCUT2D eigenvalue weighted by Crippen LogP contribution is -2.43. The molecule has 2 aliphatic heterocycles. The molecule has 3 heterocycles. The lowest BCUT2D eigenvalue weighted by Gasteiger charge is -2.36. The van der Waals surface area contributed by atoms with Crippen LogP contribution in [0.25, 0.3) is 0 Å². The van der Waals surface area contributed by atoms with E-state index in [4.69, 9.17) is 16.3 Å². The van der Waals surface area contributed by atoms with Crippen LogP contribution in [-0.4, -0.2) is 60.2 Å². The fraction of sp³-hybridized carbons (Fsp3) is 0.565. The van der Waals surface area contributed by atoms with Crippen molar-refractivity contribution in [1.29, 1.82) is 0 Å². The summed E-state index contributed by atoms with van der Waals surface area (Å²) in [7, 11) is 0. The highest BCUT2D eigenvalue weighted by molar-refractivity contribution is 7.11. The molecule has 0 bridgehead atoms. The normalized spacial score (nSPS) is 20.2. The number of ether oxygens (including phenoxy) is 1. The molecule has 2 aliphatic rings. The summed E-state index contributed by atoms with van der Waals surface area (Å²) in [6.45, 7) is 8.19. The first-order chi connectivity index (χ1) is 16.5. The van der Waals surface area contributed by atoms with Crippen molar-refractivity contribution in [2.45, 2.75) is 39.2 Å². The molecule has 11 heteroatoms. The molecule has 0 radical (unpaired) electrons. The summed E-state index contributed by atoms with van der Waals surface area (Å²) in [6.07, 6.45) is -0.812. The maximum absolute atomic E-state index is 12.9. The standard InChI is InChI=1S/C21H28F2N6O2S.C2H6/c22-19(23)17-11-26-21(32-17)18(30)13-2-1-5-29(12-13)20(27-25)15-4-3-14(10-16(15)24)28-6-8-31-9-7-28;1-2/h3-4,10-11,13,18-19,30H,1-2,5-9,12,24-25H2;1-2H3/b27-20+;. The van der Waals surface area contributed by atoms with E-state index in [2.05, 4.69) is 15.0 Å². The lowest BCUT2D eigenvalue weighted by atomic mass is 9.92. The molecule has 4 rings (SSSR count). The van der Waals surface area contributed by atoms with E-state index in [1.807, 2.05) is 36.9 Å². The van der Waals surface area contributed by atoms with Gasteiger partial charge in [-0.2, -0.15) is 5.10 Å². The molecule has 2 saturated heterocycles. The van der Waals surface area contributed by atoms with Gasteiger partial charge < -0.3 is 31.2 Å². The number of benzene rings is 1. The van der Waals surface area contributed by atoms with Crippen LogP contribution in [0, 0.1) is 5.92 Å². The molecule has 2 fully saturated rings. The van der Waals surface area contributed by atoms with Gasteiger partial charge in [-0.15, -0.1) is 11.3 Å². The van der Waals surface area contributed by atoms with Gasteiger partial charge in [0.1, 0.15) is 11.1 Å². The van der Waals surface area contributed by atoms with Gasteiger partial charge in [0.25, 0.3) is 6.43 Å². The maximum atomic E-state index is 12.9. The van der Waals surface area contributed by atoms with E-state index >= 15 is 0 Å². The van der Waals surface area contributed by atoms with E-state index in [1.54, 1.807) is 0 Å². The topological polar surface area (TPSA) is 113 Å². The van der Waals surface area contributed by atoms with Crippen LogP contribution in [0.5, 0.6) is 0 Å². The molecule has 2 aromatic rings. The van der Waals surface area contributed by atoms with E-state index in [0.29, 0.717) is 42.8 Å². The predicted molar refractivity (Wildman–Crippen MR) is 132 cm³/mol. The Morgan fingerprint density at radius 2 is 2.00 bits per heavy atom. The van der Waals surface area contributed by atoms with E-state index < -0.39 is 12.5 Å². The molecule has 2 unspecified atom stereocenters. The molecule has 0 saturated carbocycles. The third-order valence-corrected chi connectivity index (χ3v) is 7.06. The molecule has 34 heavy (non-hydrogen) atoms. The average molecular weight is 497 g/mol. The lowest BCUT2D eigenvalue weighted by molar-refractivity contribution is 0.0704. The van der Waals surface area contributed by atoms with Crippen molar-refractivity contribution >= 4 is 28.5 Å². The molecule has 2 atom stereocenters. The number of piperidine rings is 1. The number of nitrogens with two attached hydrogens (primary N) is 2. The number of nitrogens with zero attached hydrogens (tertiary/aromatic N) is 4. The summed E-state index contributed by atoms with van der Waals surface area (Å²) in [5.74, 6) is 6.14. The van der Waals surface area contributed by atoms with Gasteiger partial charge in [-0.1, -0.05) is 13.8 Å². The van der Waals surface area contributed by atoms with Gasteiger partial charge >= 0.3 is 0 Å². The number of aromatic nitrogens is 1. The average Bonchev–Trinajstić information content (AvgIpc) is 3.38. The van der Waals surface area contributed by atoms with Gasteiger partial charge in [0.05, 0.1) is 18.1 Å². The fourth-order valence-electron chi connectivity index (χ4n) is 4.29. The van der Waals surface area contributed by atoms with E-state index in [0.717, 1.165) is 54.7 Å². The van der Waals surface area contributed by atoms with Crippen molar-refractivity contribution in [3.8, 4) is 0 Å². The van der Waals surface area contributed by atoms with Gasteiger partial charge in [0, 0.05) is 55.2 Å². The number of hydrogen-bond donors (Lipinski definition) is 3. The van der Waals surface area contributed by atoms with Crippen molar-refractivity contribution in [2.75, 3.05) is 50.0 Å². The van der Waals surface area contributed by atoms with Crippen LogP contribution in [0.15, 0.2) is 29.5 Å². The Bertz CT molecular complexity index is 951. The Labute approximate surface area is 203 Å². The number of halogens is 2. The van der Waals surface area contributed by atoms with Crippen LogP contribution in [0.4, 0.5) is 20.2 Å². The minimum absolute atomic E-state index is 0.135. The fourth-order valence-corrected chi connectivity index (χ4v) is 5.15. The summed E-state index contributed by atoms with van der Waals surface area (Å²) in [5, 5.41) is 15.1. The summed E-state index contributed by atoms with van der Waals surface area (Å²) >= 11 is 0.854. The second kappa shape index (κ2) is 12.3. The van der Waals surface area contributed by atoms with E-state index in [-0.39, 0.29) is 10.8 Å². The summed E-state index contributed by atoms with van der Waals surface area (Å²) in [5.41, 5.74) is 8.70. The monoisotopic (exact) mass is 496 g/mol. The first kappa shape index (κ1) is 26.1. The molecule has 188 valence electrons. The van der Waals surface area contributed by atoms with Gasteiger partial charge in [-0.25, -0.2) is 13.8 Å². The van der Waals surface area contributed by atoms with Crippen molar-refractivity contribution in [3.63, 3.8) is 0 Å². The van der Waals surface area contributed by atoms with Gasteiger partial charge in [-0.05, 0) is 31.0 Å². The zero-order chi connectivity index (χ0) is 24.7. The molecule has 0 aliphatic carbocycles. The SMILES string of the molecule is CC.N/N=C(\c1ccc(N2CCOCC2)cc1N)N1CCCC(C(O)c2ncc(C(F)F)s2)C1. The number of nitrogen functional groups attached to an aromatic ring is 1. The number of aliphatic hydroxyl groups excluding tert-OH is 1. The largest absolute Gasteiger partial charge is 0.398 e. The van der Waals surface area contributed by atoms with Gasteiger partial charge in [0.15, 0.2) is 5.84 Å². The summed E-state index contributed by atoms with van der Waals surface area (Å²) in [4.78, 5) is 8.09. The van der Waals surface area contributed by atoms with E-state index in [9.17, 15) is 13.9 Å². The number of amidine groups is 1. The summed E-state index contributed by atoms with van der Waals surface area (Å²) in [6, 6.07) is 5.84. The molecule has 0 spiro atoms. The highest BCUT2D eigenvalue weighted by Crippen LogP contribution is 2.35. The van der Waals surface area contributed by atoms with E-state index in [1.165, 1.54) is 0 Å². The van der Waals surface area contributed by atoms with Crippen LogP contribution < -0.4 is 16.5 Å². The number of hydrazone groups is 1. The predicted octanol–water partition coefficient (Wildman–Crippen LogP) is 3.59. The third kappa shape index (κ3) is 5.94. The molecular weight excluding hydrogens is 462 g/mol. The first-order valence-corrected chi connectivity index (χ1v) is 12.5. The number of anilines is 2. The van der Waals surface area contributed by atoms with Crippen LogP contribution in [-0.2, 0) is 4.74 Å². The zero-order valence-corrected chi connectivity index (χ0v) is 20.5. The van der Waals surface area contributed by atoms with Crippen LogP contribution in [0.3, 0.4) is 0 Å². The Morgan fingerprint density at radius 1 is 1.26 bits per heavy atom. The molecule has 1 aromatic carbocycles. The smallest absolute Gasteiger partial charge is 0.274 e. The number of aliphatic hydroxyl groups is 1. The first-order valence-electron chi connectivity index (χ1n) is 11.6. The highest BCUT2D eigenvalue weighted by Gasteiger charge is 2.31. The molecular formula is C23H34F2N6O2S. The van der Waals surface area contributed by atoms with Gasteiger partial charge in [0.2, 0.25) is 0 Å². The number of alkyl halides is 2. The molecule has 1 aromatic heterocycles. The molecule has 0 amide bonds. The number of hydrogen-bond acceptors (Lipinski definition) is 8. The number of thiazole rings is 1. The zero-order valence-electron chi connectivity index (χ0n) is 19.7. The summed E-state index contributed by atoms with van der Waals surface area (Å²) < 4.78 is 31.2. The quantitative estimate of drug-likeness (QED) is 0.191. The Kier molecular flexibility index (Phi) is 9.43. The molecule has 8 nitrogen and oxygen atoms in total. The Balaban J connectivity index is 0.00000158. The highest BCUT2D eigenvalue weighted by atomic mass is 32.1. The third-order valence-electron chi connectivity index (χ3n) is 5.99. The second-order valence-corrected chi connectivity index (χ2v) is 9.11. The van der Waals surface area contributed by atoms with Crippen LogP contribution >= 0.6 is 11.3 Å². The van der Waals surface area contributed by atoms with Crippen molar-refractivity contribution in [2.24, 2.45) is 16.9 Å². The number of likely N-dealkylation sites (tertiary alicyclic amines) is 1.